The second-order valence-electron chi connectivity index (χ2n) is 4.18. The Kier molecular flexibility index (Phi) is 3.93. The Morgan fingerprint density at radius 3 is 2.94 bits per heavy atom. The molecule has 5 heteroatoms. The number of aromatic carboxylic acids is 1. The normalized spacial score (nSPS) is 14.6. The molecule has 0 saturated heterocycles. The summed E-state index contributed by atoms with van der Waals surface area (Å²) in [5, 5.41) is 11.8. The van der Waals surface area contributed by atoms with E-state index in [2.05, 4.69) is 10.3 Å². The van der Waals surface area contributed by atoms with E-state index in [0.29, 0.717) is 19.0 Å². The molecule has 2 rings (SSSR count). The second-order valence-corrected chi connectivity index (χ2v) is 4.18. The minimum Gasteiger partial charge on any atom is -0.478 e. The summed E-state index contributed by atoms with van der Waals surface area (Å²) in [5.41, 5.74) is 0.195. The molecule has 5 nitrogen and oxygen atoms in total. The van der Waals surface area contributed by atoms with Crippen LogP contribution in [-0.2, 0) is 4.74 Å². The van der Waals surface area contributed by atoms with Crippen LogP contribution in [0.5, 0.6) is 0 Å². The molecular weight excluding hydrogens is 220 g/mol. The van der Waals surface area contributed by atoms with Gasteiger partial charge >= 0.3 is 5.97 Å². The molecule has 0 atom stereocenters. The third kappa shape index (κ3) is 4.03. The number of rotatable bonds is 7. The molecule has 1 aromatic rings. The summed E-state index contributed by atoms with van der Waals surface area (Å²) < 4.78 is 5.46. The second kappa shape index (κ2) is 5.63. The number of carbonyl (C=O) groups is 1. The molecule has 17 heavy (non-hydrogen) atoms. The van der Waals surface area contributed by atoms with E-state index in [-0.39, 0.29) is 5.56 Å². The number of aromatic nitrogens is 1. The van der Waals surface area contributed by atoms with Crippen LogP contribution in [0.4, 0.5) is 5.82 Å². The highest BCUT2D eigenvalue weighted by Crippen LogP contribution is 2.28. The highest BCUT2D eigenvalue weighted by Gasteiger charge is 2.20. The van der Waals surface area contributed by atoms with E-state index >= 15 is 0 Å². The summed E-state index contributed by atoms with van der Waals surface area (Å²) in [4.78, 5) is 14.6. The lowest BCUT2D eigenvalue weighted by atomic mass is 10.3. The molecule has 1 heterocycles. The standard InChI is InChI=1S/C12H16N2O3/c15-12(16)10-3-4-11(14-7-10)13-5-6-17-8-9-1-2-9/h3-4,7,9H,1-2,5-6,8H2,(H,13,14)(H,15,16). The van der Waals surface area contributed by atoms with Crippen LogP contribution in [0.2, 0.25) is 0 Å². The number of pyridine rings is 1. The first-order valence-electron chi connectivity index (χ1n) is 5.76. The lowest BCUT2D eigenvalue weighted by Crippen LogP contribution is -2.11. The number of anilines is 1. The van der Waals surface area contributed by atoms with E-state index in [9.17, 15) is 4.79 Å². The molecule has 1 saturated carbocycles. The predicted octanol–water partition coefficient (Wildman–Crippen LogP) is 1.62. The zero-order valence-electron chi connectivity index (χ0n) is 9.56. The van der Waals surface area contributed by atoms with E-state index < -0.39 is 5.97 Å². The van der Waals surface area contributed by atoms with E-state index in [1.165, 1.54) is 25.1 Å². The van der Waals surface area contributed by atoms with E-state index in [4.69, 9.17) is 9.84 Å². The van der Waals surface area contributed by atoms with Gasteiger partial charge in [0.05, 0.1) is 12.2 Å². The molecule has 2 N–H and O–H groups in total. The largest absolute Gasteiger partial charge is 0.478 e. The fourth-order valence-corrected chi connectivity index (χ4v) is 1.41. The maximum Gasteiger partial charge on any atom is 0.337 e. The number of carboxylic acids is 1. The van der Waals surface area contributed by atoms with Gasteiger partial charge in [0.15, 0.2) is 0 Å². The Balaban J connectivity index is 1.65. The Morgan fingerprint density at radius 1 is 1.53 bits per heavy atom. The van der Waals surface area contributed by atoms with E-state index in [0.717, 1.165) is 12.5 Å². The van der Waals surface area contributed by atoms with Crippen molar-refractivity contribution in [2.45, 2.75) is 12.8 Å². The molecule has 1 fully saturated rings. The average molecular weight is 236 g/mol. The quantitative estimate of drug-likeness (QED) is 0.704. The Bertz CT molecular complexity index is 374. The third-order valence-corrected chi connectivity index (χ3v) is 2.61. The van der Waals surface area contributed by atoms with Gasteiger partial charge in [0.1, 0.15) is 5.82 Å². The molecule has 0 amide bonds. The summed E-state index contributed by atoms with van der Waals surface area (Å²) in [6, 6.07) is 3.19. The van der Waals surface area contributed by atoms with Crippen LogP contribution in [0.3, 0.4) is 0 Å². The molecule has 0 unspecified atom stereocenters. The van der Waals surface area contributed by atoms with Gasteiger partial charge in [-0.25, -0.2) is 9.78 Å². The van der Waals surface area contributed by atoms with Gasteiger partial charge in [-0.2, -0.15) is 0 Å². The molecule has 0 radical (unpaired) electrons. The predicted molar refractivity (Wildman–Crippen MR) is 63.2 cm³/mol. The van der Waals surface area contributed by atoms with Gasteiger partial charge in [0, 0.05) is 19.3 Å². The molecule has 1 aliphatic carbocycles. The van der Waals surface area contributed by atoms with E-state index in [1.54, 1.807) is 6.07 Å². The number of nitrogens with zero attached hydrogens (tertiary/aromatic N) is 1. The summed E-state index contributed by atoms with van der Waals surface area (Å²) in [6.07, 6.45) is 3.94. The van der Waals surface area contributed by atoms with Crippen molar-refractivity contribution >= 4 is 11.8 Å². The third-order valence-electron chi connectivity index (χ3n) is 2.61. The van der Waals surface area contributed by atoms with Crippen LogP contribution in [0.15, 0.2) is 18.3 Å². The summed E-state index contributed by atoms with van der Waals surface area (Å²) >= 11 is 0. The van der Waals surface area contributed by atoms with Crippen molar-refractivity contribution in [3.05, 3.63) is 23.9 Å². The number of hydrogen-bond donors (Lipinski definition) is 2. The number of carboxylic acid groups (broad SMARTS) is 1. The summed E-state index contributed by atoms with van der Waals surface area (Å²) in [5.74, 6) is 0.491. The monoisotopic (exact) mass is 236 g/mol. The number of hydrogen-bond acceptors (Lipinski definition) is 4. The van der Waals surface area contributed by atoms with Crippen LogP contribution in [0.1, 0.15) is 23.2 Å². The molecule has 92 valence electrons. The zero-order valence-corrected chi connectivity index (χ0v) is 9.56. The smallest absolute Gasteiger partial charge is 0.337 e. The molecule has 0 bridgehead atoms. The molecular formula is C12H16N2O3. The maximum atomic E-state index is 10.6. The van der Waals surface area contributed by atoms with Crippen LogP contribution in [0, 0.1) is 5.92 Å². The first-order chi connectivity index (χ1) is 8.25. The lowest BCUT2D eigenvalue weighted by molar-refractivity contribution is 0.0696. The van der Waals surface area contributed by atoms with Crippen molar-refractivity contribution in [3.63, 3.8) is 0 Å². The minimum atomic E-state index is -0.961. The van der Waals surface area contributed by atoms with Crippen molar-refractivity contribution < 1.29 is 14.6 Å². The van der Waals surface area contributed by atoms with Crippen molar-refractivity contribution in [2.75, 3.05) is 25.1 Å². The van der Waals surface area contributed by atoms with Crippen LogP contribution < -0.4 is 5.32 Å². The molecule has 1 aliphatic rings. The maximum absolute atomic E-state index is 10.6. The highest BCUT2D eigenvalue weighted by molar-refractivity contribution is 5.87. The molecule has 0 spiro atoms. The van der Waals surface area contributed by atoms with E-state index in [1.807, 2.05) is 0 Å². The van der Waals surface area contributed by atoms with Crippen LogP contribution in [0.25, 0.3) is 0 Å². The number of nitrogens with one attached hydrogen (secondary N) is 1. The fraction of sp³-hybridized carbons (Fsp3) is 0.500. The van der Waals surface area contributed by atoms with Crippen molar-refractivity contribution in [2.24, 2.45) is 5.92 Å². The van der Waals surface area contributed by atoms with Crippen molar-refractivity contribution in [1.82, 2.24) is 4.98 Å². The molecule has 0 aliphatic heterocycles. The Hall–Kier alpha value is -1.62. The highest BCUT2D eigenvalue weighted by atomic mass is 16.5. The first-order valence-corrected chi connectivity index (χ1v) is 5.76. The fourth-order valence-electron chi connectivity index (χ4n) is 1.41. The average Bonchev–Trinajstić information content (AvgIpc) is 3.13. The van der Waals surface area contributed by atoms with Crippen LogP contribution >= 0.6 is 0 Å². The summed E-state index contributed by atoms with van der Waals surface area (Å²) in [6.45, 7) is 2.19. The van der Waals surface area contributed by atoms with Gasteiger partial charge in [-0.05, 0) is 30.9 Å². The van der Waals surface area contributed by atoms with Gasteiger partial charge in [-0.3, -0.25) is 0 Å². The van der Waals surface area contributed by atoms with Crippen molar-refractivity contribution in [1.29, 1.82) is 0 Å². The van der Waals surface area contributed by atoms with Crippen LogP contribution in [-0.4, -0.2) is 35.8 Å². The molecule has 0 aromatic carbocycles. The topological polar surface area (TPSA) is 71.5 Å². The summed E-state index contributed by atoms with van der Waals surface area (Å²) in [7, 11) is 0. The lowest BCUT2D eigenvalue weighted by Gasteiger charge is -2.06. The number of ether oxygens (including phenoxy) is 1. The van der Waals surface area contributed by atoms with Gasteiger partial charge in [0.2, 0.25) is 0 Å². The van der Waals surface area contributed by atoms with Gasteiger partial charge < -0.3 is 15.2 Å². The van der Waals surface area contributed by atoms with Gasteiger partial charge in [-0.1, -0.05) is 0 Å². The van der Waals surface area contributed by atoms with Crippen molar-refractivity contribution in [3.8, 4) is 0 Å². The SMILES string of the molecule is O=C(O)c1ccc(NCCOCC2CC2)nc1. The minimum absolute atomic E-state index is 0.195. The molecule has 1 aromatic heterocycles. The zero-order chi connectivity index (χ0) is 12.1. The van der Waals surface area contributed by atoms with Gasteiger partial charge in [-0.15, -0.1) is 0 Å². The Morgan fingerprint density at radius 2 is 2.35 bits per heavy atom. The van der Waals surface area contributed by atoms with Gasteiger partial charge in [0.25, 0.3) is 0 Å². The Labute approximate surface area is 99.8 Å². The first kappa shape index (κ1) is 11.9.